The van der Waals surface area contributed by atoms with Crippen LogP contribution in [-0.4, -0.2) is 38.9 Å². The summed E-state index contributed by atoms with van der Waals surface area (Å²) in [5.74, 6) is 0.511. The molecule has 3 aromatic heterocycles. The number of aromatic nitrogens is 4. The summed E-state index contributed by atoms with van der Waals surface area (Å²) < 4.78 is 20.9. The van der Waals surface area contributed by atoms with Gasteiger partial charge < -0.3 is 10.1 Å². The van der Waals surface area contributed by atoms with E-state index >= 15 is 0 Å². The summed E-state index contributed by atoms with van der Waals surface area (Å²) in [6.07, 6.45) is 3.90. The number of ether oxygens (including phenoxy) is 1. The van der Waals surface area contributed by atoms with Gasteiger partial charge in [-0.05, 0) is 42.5 Å². The first kappa shape index (κ1) is 20.6. The molecule has 0 saturated heterocycles. The highest BCUT2D eigenvalue weighted by atomic mass is 32.1. The molecule has 1 aliphatic carbocycles. The summed E-state index contributed by atoms with van der Waals surface area (Å²) in [4.78, 5) is 14.2. The molecular weight excluding hydrogens is 429 g/mol. The van der Waals surface area contributed by atoms with E-state index in [9.17, 15) is 9.18 Å². The van der Waals surface area contributed by atoms with Crippen LogP contribution in [0.3, 0.4) is 0 Å². The lowest BCUT2D eigenvalue weighted by Crippen LogP contribution is -2.43. The fraction of sp³-hybridized carbons (Fsp3) is 0.304. The van der Waals surface area contributed by atoms with Crippen molar-refractivity contribution in [3.05, 3.63) is 64.6 Å². The van der Waals surface area contributed by atoms with E-state index < -0.39 is 5.41 Å². The maximum Gasteiger partial charge on any atom is 0.231 e. The van der Waals surface area contributed by atoms with Crippen molar-refractivity contribution in [2.24, 2.45) is 0 Å². The summed E-state index contributed by atoms with van der Waals surface area (Å²) in [5.41, 5.74) is 0.696. The second kappa shape index (κ2) is 8.66. The molecule has 0 unspecified atom stereocenters. The molecule has 32 heavy (non-hydrogen) atoms. The Labute approximate surface area is 188 Å². The molecule has 1 saturated carbocycles. The van der Waals surface area contributed by atoms with Gasteiger partial charge in [-0.2, -0.15) is 4.52 Å². The van der Waals surface area contributed by atoms with Gasteiger partial charge in [-0.15, -0.1) is 26.6 Å². The number of hydrogen-bond donors (Lipinski definition) is 1. The lowest BCUT2D eigenvalue weighted by atomic mass is 9.83. The quantitative estimate of drug-likeness (QED) is 0.430. The smallest absolute Gasteiger partial charge is 0.231 e. The highest BCUT2D eigenvalue weighted by Crippen LogP contribution is 2.43. The number of nitrogens with zero attached hydrogens (tertiary/aromatic N) is 4. The Morgan fingerprint density at radius 1 is 1.16 bits per heavy atom. The summed E-state index contributed by atoms with van der Waals surface area (Å²) in [6.45, 7) is 0.660. The van der Waals surface area contributed by atoms with Gasteiger partial charge >= 0.3 is 0 Å². The number of hydrogen-bond acceptors (Lipinski definition) is 6. The Morgan fingerprint density at radius 2 is 2.03 bits per heavy atom. The van der Waals surface area contributed by atoms with Gasteiger partial charge in [0.2, 0.25) is 11.8 Å². The number of halogens is 1. The molecule has 1 aliphatic rings. The fourth-order valence-corrected chi connectivity index (χ4v) is 5.24. The van der Waals surface area contributed by atoms with Crippen LogP contribution in [0.4, 0.5) is 4.39 Å². The highest BCUT2D eigenvalue weighted by Gasteiger charge is 2.43. The van der Waals surface area contributed by atoms with Gasteiger partial charge in [-0.25, -0.2) is 4.39 Å². The minimum atomic E-state index is -0.409. The van der Waals surface area contributed by atoms with Gasteiger partial charge in [0.25, 0.3) is 0 Å². The van der Waals surface area contributed by atoms with E-state index in [1.807, 2.05) is 11.4 Å². The normalized spacial score (nSPS) is 15.2. The number of carbonyl (C=O) groups excluding carboxylic acids is 1. The van der Waals surface area contributed by atoms with Crippen LogP contribution in [0.15, 0.2) is 53.9 Å². The third kappa shape index (κ3) is 3.84. The Kier molecular flexibility index (Phi) is 5.57. The molecule has 1 fully saturated rings. The van der Waals surface area contributed by atoms with Crippen molar-refractivity contribution < 1.29 is 13.9 Å². The zero-order chi connectivity index (χ0) is 22.0. The Morgan fingerprint density at radius 3 is 2.81 bits per heavy atom. The Hall–Kier alpha value is -3.33. The Bertz CT molecular complexity index is 1230. The van der Waals surface area contributed by atoms with Crippen LogP contribution in [0, 0.1) is 5.82 Å². The van der Waals surface area contributed by atoms with E-state index in [4.69, 9.17) is 4.74 Å². The van der Waals surface area contributed by atoms with Crippen molar-refractivity contribution in [1.29, 1.82) is 0 Å². The van der Waals surface area contributed by atoms with Crippen LogP contribution in [0.25, 0.3) is 17.0 Å². The molecule has 0 spiro atoms. The van der Waals surface area contributed by atoms with E-state index in [-0.39, 0.29) is 18.3 Å². The summed E-state index contributed by atoms with van der Waals surface area (Å²) in [5, 5.41) is 17.7. The van der Waals surface area contributed by atoms with E-state index in [2.05, 4.69) is 26.7 Å². The van der Waals surface area contributed by atoms with E-state index in [0.717, 1.165) is 30.6 Å². The van der Waals surface area contributed by atoms with Gasteiger partial charge in [-0.3, -0.25) is 4.79 Å². The van der Waals surface area contributed by atoms with Crippen LogP contribution >= 0.6 is 11.3 Å². The summed E-state index contributed by atoms with van der Waals surface area (Å²) in [6, 6.07) is 13.6. The largest absolute Gasteiger partial charge is 0.475 e. The van der Waals surface area contributed by atoms with Gasteiger partial charge in [0.05, 0.1) is 12.0 Å². The van der Waals surface area contributed by atoms with Gasteiger partial charge in [0, 0.05) is 16.5 Å². The molecule has 0 bridgehead atoms. The van der Waals surface area contributed by atoms with Crippen LogP contribution in [0.5, 0.6) is 5.88 Å². The van der Waals surface area contributed by atoms with Gasteiger partial charge in [0.1, 0.15) is 12.4 Å². The first-order valence-corrected chi connectivity index (χ1v) is 11.5. The first-order valence-electron chi connectivity index (χ1n) is 10.6. The topological polar surface area (TPSA) is 81.4 Å². The molecule has 0 radical (unpaired) electrons. The van der Waals surface area contributed by atoms with Gasteiger partial charge in [0.15, 0.2) is 11.5 Å². The van der Waals surface area contributed by atoms with E-state index in [0.29, 0.717) is 29.5 Å². The van der Waals surface area contributed by atoms with Crippen LogP contribution in [0.2, 0.25) is 0 Å². The molecule has 0 atom stereocenters. The SMILES string of the molecule is O=C(NCCOc1ccc2nnc(-c3cccc(F)c3)n2n1)C1(c2cccs2)CCCC1. The van der Waals surface area contributed by atoms with Crippen molar-refractivity contribution in [3.8, 4) is 17.3 Å². The predicted molar refractivity (Wildman–Crippen MR) is 119 cm³/mol. The molecule has 1 amide bonds. The minimum Gasteiger partial charge on any atom is -0.475 e. The molecule has 9 heteroatoms. The molecule has 0 aliphatic heterocycles. The lowest BCUT2D eigenvalue weighted by molar-refractivity contribution is -0.126. The number of nitrogens with one attached hydrogen (secondary N) is 1. The first-order chi connectivity index (χ1) is 15.7. The second-order valence-electron chi connectivity index (χ2n) is 7.85. The molecule has 164 valence electrons. The second-order valence-corrected chi connectivity index (χ2v) is 8.79. The number of fused-ring (bicyclic) bond motifs is 1. The number of benzene rings is 1. The van der Waals surface area contributed by atoms with Crippen molar-refractivity contribution >= 4 is 22.9 Å². The van der Waals surface area contributed by atoms with Crippen molar-refractivity contribution in [1.82, 2.24) is 25.1 Å². The third-order valence-corrected chi connectivity index (χ3v) is 6.92. The number of carbonyl (C=O) groups is 1. The maximum absolute atomic E-state index is 13.6. The van der Waals surface area contributed by atoms with Crippen LogP contribution in [0.1, 0.15) is 30.6 Å². The van der Waals surface area contributed by atoms with E-state index in [1.165, 1.54) is 16.6 Å². The maximum atomic E-state index is 13.6. The molecular formula is C23H22FN5O2S. The van der Waals surface area contributed by atoms with Crippen molar-refractivity contribution in [2.75, 3.05) is 13.2 Å². The Balaban J connectivity index is 1.24. The standard InChI is InChI=1S/C23H22FN5O2S/c24-17-6-3-5-16(15-17)21-27-26-19-8-9-20(28-29(19)21)31-13-12-25-22(30)23(10-1-2-11-23)18-7-4-14-32-18/h3-9,14-15H,1-2,10-13H2,(H,25,30). The van der Waals surface area contributed by atoms with Gasteiger partial charge in [-0.1, -0.05) is 31.0 Å². The van der Waals surface area contributed by atoms with Crippen LogP contribution < -0.4 is 10.1 Å². The molecule has 1 N–H and O–H groups in total. The highest BCUT2D eigenvalue weighted by molar-refractivity contribution is 7.10. The molecule has 3 heterocycles. The fourth-order valence-electron chi connectivity index (χ4n) is 4.26. The number of amides is 1. The molecule has 4 aromatic rings. The predicted octanol–water partition coefficient (Wildman–Crippen LogP) is 4.00. The minimum absolute atomic E-state index is 0.0664. The lowest BCUT2D eigenvalue weighted by Gasteiger charge is -2.26. The summed E-state index contributed by atoms with van der Waals surface area (Å²) >= 11 is 1.65. The average molecular weight is 452 g/mol. The number of rotatable bonds is 7. The zero-order valence-corrected chi connectivity index (χ0v) is 18.1. The van der Waals surface area contributed by atoms with E-state index in [1.54, 1.807) is 35.6 Å². The molecule has 5 rings (SSSR count). The molecule has 7 nitrogen and oxygen atoms in total. The monoisotopic (exact) mass is 451 g/mol. The zero-order valence-electron chi connectivity index (χ0n) is 17.3. The average Bonchev–Trinajstić information content (AvgIpc) is 3.57. The molecule has 1 aromatic carbocycles. The van der Waals surface area contributed by atoms with Crippen molar-refractivity contribution in [2.45, 2.75) is 31.1 Å². The summed E-state index contributed by atoms with van der Waals surface area (Å²) in [7, 11) is 0. The van der Waals surface area contributed by atoms with Crippen molar-refractivity contribution in [3.63, 3.8) is 0 Å². The number of thiophene rings is 1. The van der Waals surface area contributed by atoms with Crippen LogP contribution in [-0.2, 0) is 10.2 Å². The third-order valence-electron chi connectivity index (χ3n) is 5.84.